The topological polar surface area (TPSA) is 64.9 Å². The van der Waals surface area contributed by atoms with Crippen LogP contribution in [0, 0.1) is 11.3 Å². The Balaban J connectivity index is 2.15. The third kappa shape index (κ3) is 2.73. The molecule has 5 heteroatoms. The lowest BCUT2D eigenvalue weighted by atomic mass is 9.93. The van der Waals surface area contributed by atoms with E-state index in [0.29, 0.717) is 16.3 Å². The van der Waals surface area contributed by atoms with Crippen LogP contribution in [0.2, 0.25) is 5.02 Å². The number of nitriles is 1. The van der Waals surface area contributed by atoms with Gasteiger partial charge in [0, 0.05) is 5.69 Å². The molecule has 19 heavy (non-hydrogen) atoms. The molecule has 0 spiro atoms. The van der Waals surface area contributed by atoms with Crippen molar-refractivity contribution in [3.63, 3.8) is 0 Å². The summed E-state index contributed by atoms with van der Waals surface area (Å²) in [5.74, 6) is -0.0340. The maximum Gasteiger partial charge on any atom is 0.244 e. The van der Waals surface area contributed by atoms with E-state index in [0.717, 1.165) is 25.8 Å². The number of benzene rings is 1. The first-order valence-electron chi connectivity index (χ1n) is 6.37. The maximum absolute atomic E-state index is 12.4. The molecule has 0 radical (unpaired) electrons. The average molecular weight is 278 g/mol. The minimum atomic E-state index is -0.472. The van der Waals surface area contributed by atoms with Crippen LogP contribution in [0.5, 0.6) is 0 Å². The number of carbonyl (C=O) groups is 1. The minimum absolute atomic E-state index is 0.0340. The average Bonchev–Trinajstić information content (AvgIpc) is 2.89. The van der Waals surface area contributed by atoms with E-state index in [-0.39, 0.29) is 5.91 Å². The second-order valence-corrected chi connectivity index (χ2v) is 5.13. The highest BCUT2D eigenvalue weighted by molar-refractivity contribution is 6.32. The Bertz CT molecular complexity index is 530. The first-order valence-corrected chi connectivity index (χ1v) is 6.75. The number of anilines is 1. The molecule has 1 fully saturated rings. The molecular weight excluding hydrogens is 262 g/mol. The summed E-state index contributed by atoms with van der Waals surface area (Å²) >= 11 is 5.95. The lowest BCUT2D eigenvalue weighted by Gasteiger charge is -2.26. The van der Waals surface area contributed by atoms with Crippen LogP contribution in [0.3, 0.4) is 0 Å². The molecule has 1 aliphatic rings. The highest BCUT2D eigenvalue weighted by Gasteiger charge is 2.39. The number of nitrogens with one attached hydrogen (secondary N) is 2. The fourth-order valence-electron chi connectivity index (χ4n) is 2.40. The van der Waals surface area contributed by atoms with Gasteiger partial charge in [-0.1, -0.05) is 18.5 Å². The lowest BCUT2D eigenvalue weighted by Crippen LogP contribution is -2.50. The summed E-state index contributed by atoms with van der Waals surface area (Å²) < 4.78 is 0. The van der Waals surface area contributed by atoms with Gasteiger partial charge in [0.15, 0.2) is 0 Å². The molecular formula is C14H16ClN3O. The van der Waals surface area contributed by atoms with Crippen LogP contribution in [-0.4, -0.2) is 18.0 Å². The summed E-state index contributed by atoms with van der Waals surface area (Å²) in [6, 6.07) is 6.90. The molecule has 1 amide bonds. The second-order valence-electron chi connectivity index (χ2n) is 4.73. The van der Waals surface area contributed by atoms with Crippen LogP contribution in [0.4, 0.5) is 5.69 Å². The van der Waals surface area contributed by atoms with Gasteiger partial charge in [-0.25, -0.2) is 0 Å². The number of halogens is 1. The van der Waals surface area contributed by atoms with E-state index in [4.69, 9.17) is 16.9 Å². The molecule has 1 heterocycles. The van der Waals surface area contributed by atoms with Gasteiger partial charge in [-0.15, -0.1) is 0 Å². The molecule has 1 unspecified atom stereocenters. The van der Waals surface area contributed by atoms with E-state index in [2.05, 4.69) is 10.6 Å². The van der Waals surface area contributed by atoms with Gasteiger partial charge < -0.3 is 10.6 Å². The Labute approximate surface area is 117 Å². The smallest absolute Gasteiger partial charge is 0.244 e. The number of carbonyl (C=O) groups excluding carboxylic acids is 1. The first kappa shape index (κ1) is 13.9. The van der Waals surface area contributed by atoms with E-state index >= 15 is 0 Å². The third-order valence-electron chi connectivity index (χ3n) is 3.63. The van der Waals surface area contributed by atoms with Crippen molar-refractivity contribution >= 4 is 23.2 Å². The van der Waals surface area contributed by atoms with Crippen molar-refractivity contribution in [1.82, 2.24) is 5.32 Å². The molecule has 2 N–H and O–H groups in total. The van der Waals surface area contributed by atoms with Gasteiger partial charge in [0.25, 0.3) is 0 Å². The Kier molecular flexibility index (Phi) is 4.08. The summed E-state index contributed by atoms with van der Waals surface area (Å²) in [7, 11) is 0. The summed E-state index contributed by atoms with van der Waals surface area (Å²) in [6.07, 6.45) is 2.61. The Morgan fingerprint density at radius 2 is 2.42 bits per heavy atom. The van der Waals surface area contributed by atoms with Crippen molar-refractivity contribution in [2.45, 2.75) is 31.7 Å². The van der Waals surface area contributed by atoms with E-state index in [1.54, 1.807) is 18.2 Å². The molecule has 100 valence electrons. The van der Waals surface area contributed by atoms with E-state index in [1.165, 1.54) is 0 Å². The van der Waals surface area contributed by atoms with E-state index in [1.807, 2.05) is 13.0 Å². The molecule has 0 bridgehead atoms. The van der Waals surface area contributed by atoms with Crippen LogP contribution >= 0.6 is 11.6 Å². The normalized spacial score (nSPS) is 21.9. The molecule has 0 saturated carbocycles. The summed E-state index contributed by atoms with van der Waals surface area (Å²) in [5, 5.41) is 15.3. The van der Waals surface area contributed by atoms with E-state index < -0.39 is 5.54 Å². The molecule has 1 aliphatic heterocycles. The van der Waals surface area contributed by atoms with Crippen molar-refractivity contribution in [3.8, 4) is 6.07 Å². The van der Waals surface area contributed by atoms with Crippen molar-refractivity contribution in [2.75, 3.05) is 11.9 Å². The Morgan fingerprint density at radius 1 is 1.63 bits per heavy atom. The minimum Gasteiger partial charge on any atom is -0.324 e. The first-order chi connectivity index (χ1) is 9.11. The lowest BCUT2D eigenvalue weighted by molar-refractivity contribution is -0.122. The van der Waals surface area contributed by atoms with Crippen LogP contribution in [0.1, 0.15) is 31.7 Å². The quantitative estimate of drug-likeness (QED) is 0.893. The largest absolute Gasteiger partial charge is 0.324 e. The molecule has 0 aliphatic carbocycles. The summed E-state index contributed by atoms with van der Waals surface area (Å²) in [6.45, 7) is 2.87. The van der Waals surface area contributed by atoms with Crippen LogP contribution in [0.25, 0.3) is 0 Å². The zero-order valence-electron chi connectivity index (χ0n) is 10.8. The highest BCUT2D eigenvalue weighted by atomic mass is 35.5. The maximum atomic E-state index is 12.4. The van der Waals surface area contributed by atoms with Crippen molar-refractivity contribution < 1.29 is 4.79 Å². The van der Waals surface area contributed by atoms with Crippen LogP contribution in [-0.2, 0) is 4.79 Å². The van der Waals surface area contributed by atoms with Crippen molar-refractivity contribution in [3.05, 3.63) is 28.8 Å². The zero-order valence-corrected chi connectivity index (χ0v) is 11.5. The Hall–Kier alpha value is -1.57. The molecule has 0 aromatic heterocycles. The van der Waals surface area contributed by atoms with Gasteiger partial charge in [-0.05, 0) is 44.0 Å². The molecule has 2 rings (SSSR count). The molecule has 1 saturated heterocycles. The second kappa shape index (κ2) is 5.60. The fourth-order valence-corrected chi connectivity index (χ4v) is 2.62. The van der Waals surface area contributed by atoms with Gasteiger partial charge in [-0.2, -0.15) is 5.26 Å². The summed E-state index contributed by atoms with van der Waals surface area (Å²) in [4.78, 5) is 12.4. The number of hydrogen-bond acceptors (Lipinski definition) is 3. The van der Waals surface area contributed by atoms with Crippen molar-refractivity contribution in [2.24, 2.45) is 0 Å². The van der Waals surface area contributed by atoms with Gasteiger partial charge in [0.05, 0.1) is 16.1 Å². The van der Waals surface area contributed by atoms with Gasteiger partial charge in [-0.3, -0.25) is 4.79 Å². The highest BCUT2D eigenvalue weighted by Crippen LogP contribution is 2.26. The third-order valence-corrected chi connectivity index (χ3v) is 3.94. The predicted molar refractivity (Wildman–Crippen MR) is 75.1 cm³/mol. The molecule has 1 aromatic rings. The fraction of sp³-hybridized carbons (Fsp3) is 0.429. The standard InChI is InChI=1S/C14H16ClN3O/c1-2-14(6-3-7-17-14)13(19)18-11-5-4-10(9-16)12(15)8-11/h4-5,8,17H,2-3,6-7H2,1H3,(H,18,19). The monoisotopic (exact) mass is 277 g/mol. The van der Waals surface area contributed by atoms with Crippen LogP contribution < -0.4 is 10.6 Å². The summed E-state index contributed by atoms with van der Waals surface area (Å²) in [5.41, 5.74) is 0.555. The number of nitrogens with zero attached hydrogens (tertiary/aromatic N) is 1. The molecule has 1 atom stereocenters. The van der Waals surface area contributed by atoms with E-state index in [9.17, 15) is 4.79 Å². The molecule has 4 nitrogen and oxygen atoms in total. The Morgan fingerprint density at radius 3 is 2.95 bits per heavy atom. The predicted octanol–water partition coefficient (Wildman–Crippen LogP) is 2.68. The van der Waals surface area contributed by atoms with Crippen molar-refractivity contribution in [1.29, 1.82) is 5.26 Å². The SMILES string of the molecule is CCC1(C(=O)Nc2ccc(C#N)c(Cl)c2)CCCN1. The zero-order chi connectivity index (χ0) is 13.9. The van der Waals surface area contributed by atoms with Gasteiger partial charge in [0.1, 0.15) is 6.07 Å². The van der Waals surface area contributed by atoms with Crippen LogP contribution in [0.15, 0.2) is 18.2 Å². The van der Waals surface area contributed by atoms with Gasteiger partial charge >= 0.3 is 0 Å². The number of amides is 1. The van der Waals surface area contributed by atoms with Gasteiger partial charge in [0.2, 0.25) is 5.91 Å². The number of hydrogen-bond donors (Lipinski definition) is 2. The number of rotatable bonds is 3. The molecule has 1 aromatic carbocycles.